The largest absolute Gasteiger partial charge is 0.477 e. The van der Waals surface area contributed by atoms with Crippen LogP contribution in [-0.4, -0.2) is 36.5 Å². The van der Waals surface area contributed by atoms with E-state index in [9.17, 15) is 9.59 Å². The predicted octanol–water partition coefficient (Wildman–Crippen LogP) is 0.0213. The Morgan fingerprint density at radius 3 is 2.85 bits per heavy atom. The summed E-state index contributed by atoms with van der Waals surface area (Å²) in [6, 6.07) is 1.40. The zero-order valence-electron chi connectivity index (χ0n) is 11.0. The average Bonchev–Trinajstić information content (AvgIpc) is 3.02. The fraction of sp³-hybridized carbons (Fsp3) is 0.333. The van der Waals surface area contributed by atoms with Gasteiger partial charge in [0, 0.05) is 38.0 Å². The minimum Gasteiger partial charge on any atom is -0.477 e. The van der Waals surface area contributed by atoms with E-state index in [2.05, 4.69) is 15.5 Å². The molecule has 0 radical (unpaired) electrons. The summed E-state index contributed by atoms with van der Waals surface area (Å²) < 4.78 is 2.95. The lowest BCUT2D eigenvalue weighted by atomic mass is 10.3. The Bertz CT molecular complexity index is 616. The number of hydrogen-bond donors (Lipinski definition) is 2. The number of carbonyl (C=O) groups is 2. The van der Waals surface area contributed by atoms with Gasteiger partial charge in [-0.15, -0.1) is 0 Å². The van der Waals surface area contributed by atoms with Crippen molar-refractivity contribution in [3.63, 3.8) is 0 Å². The summed E-state index contributed by atoms with van der Waals surface area (Å²) in [4.78, 5) is 22.5. The number of carboxylic acid groups (broad SMARTS) is 1. The van der Waals surface area contributed by atoms with Crippen molar-refractivity contribution >= 4 is 11.9 Å². The molecule has 0 spiro atoms. The summed E-state index contributed by atoms with van der Waals surface area (Å²) in [6.07, 6.45) is 5.06. The average molecular weight is 277 g/mol. The maximum Gasteiger partial charge on any atom is 0.354 e. The molecule has 20 heavy (non-hydrogen) atoms. The first kappa shape index (κ1) is 13.8. The molecule has 2 aromatic rings. The van der Waals surface area contributed by atoms with Crippen LogP contribution in [-0.2, 0) is 24.9 Å². The first-order valence-corrected chi connectivity index (χ1v) is 6.05. The third-order valence-corrected chi connectivity index (χ3v) is 2.73. The molecule has 0 aliphatic heterocycles. The van der Waals surface area contributed by atoms with E-state index in [0.29, 0.717) is 6.54 Å². The summed E-state index contributed by atoms with van der Waals surface area (Å²) in [6.45, 7) is 0.630. The van der Waals surface area contributed by atoms with Gasteiger partial charge in [0.05, 0.1) is 12.7 Å². The van der Waals surface area contributed by atoms with Crippen molar-refractivity contribution < 1.29 is 14.7 Å². The van der Waals surface area contributed by atoms with Crippen molar-refractivity contribution in [1.82, 2.24) is 24.9 Å². The molecule has 0 bridgehead atoms. The van der Waals surface area contributed by atoms with Gasteiger partial charge >= 0.3 is 5.97 Å². The number of aryl methyl sites for hydroxylation is 2. The Morgan fingerprint density at radius 1 is 1.40 bits per heavy atom. The van der Waals surface area contributed by atoms with Gasteiger partial charge in [-0.2, -0.15) is 10.2 Å². The Kier molecular flexibility index (Phi) is 4.14. The van der Waals surface area contributed by atoms with Crippen molar-refractivity contribution in [1.29, 1.82) is 0 Å². The van der Waals surface area contributed by atoms with Crippen LogP contribution < -0.4 is 5.32 Å². The van der Waals surface area contributed by atoms with E-state index in [1.165, 1.54) is 16.9 Å². The molecule has 0 saturated heterocycles. The normalized spacial score (nSPS) is 10.4. The summed E-state index contributed by atoms with van der Waals surface area (Å²) in [5, 5.41) is 19.5. The molecule has 0 unspecified atom stereocenters. The van der Waals surface area contributed by atoms with E-state index < -0.39 is 5.97 Å². The van der Waals surface area contributed by atoms with Crippen LogP contribution in [0.25, 0.3) is 0 Å². The predicted molar refractivity (Wildman–Crippen MR) is 68.9 cm³/mol. The number of amides is 1. The number of aromatic carboxylic acids is 1. The highest BCUT2D eigenvalue weighted by Crippen LogP contribution is 2.01. The van der Waals surface area contributed by atoms with Crippen molar-refractivity contribution in [2.24, 2.45) is 7.05 Å². The zero-order chi connectivity index (χ0) is 14.5. The molecular formula is C12H15N5O3. The van der Waals surface area contributed by atoms with Gasteiger partial charge in [-0.1, -0.05) is 0 Å². The number of rotatable bonds is 6. The highest BCUT2D eigenvalue weighted by atomic mass is 16.4. The Labute approximate surface area is 115 Å². The molecule has 8 nitrogen and oxygen atoms in total. The first-order valence-electron chi connectivity index (χ1n) is 6.05. The molecule has 8 heteroatoms. The minimum atomic E-state index is -1.06. The molecular weight excluding hydrogens is 262 g/mol. The van der Waals surface area contributed by atoms with Crippen LogP contribution in [0.3, 0.4) is 0 Å². The van der Waals surface area contributed by atoms with Gasteiger partial charge in [-0.05, 0) is 6.07 Å². The number of aromatic nitrogens is 4. The number of hydrogen-bond acceptors (Lipinski definition) is 4. The zero-order valence-corrected chi connectivity index (χ0v) is 11.0. The maximum absolute atomic E-state index is 11.7. The van der Waals surface area contributed by atoms with Crippen LogP contribution in [0.15, 0.2) is 24.7 Å². The molecule has 0 atom stereocenters. The summed E-state index contributed by atoms with van der Waals surface area (Å²) >= 11 is 0. The summed E-state index contributed by atoms with van der Waals surface area (Å²) in [5.41, 5.74) is 0.983. The fourth-order valence-corrected chi connectivity index (χ4v) is 1.75. The molecule has 0 aliphatic carbocycles. The van der Waals surface area contributed by atoms with Crippen LogP contribution in [0.2, 0.25) is 0 Å². The molecule has 0 aliphatic rings. The van der Waals surface area contributed by atoms with E-state index >= 15 is 0 Å². The molecule has 0 saturated carbocycles. The van der Waals surface area contributed by atoms with Crippen LogP contribution in [0.4, 0.5) is 0 Å². The third kappa shape index (κ3) is 3.44. The smallest absolute Gasteiger partial charge is 0.354 e. The van der Waals surface area contributed by atoms with Crippen molar-refractivity contribution in [3.05, 3.63) is 35.9 Å². The number of carbonyl (C=O) groups excluding carboxylic acids is 1. The topological polar surface area (TPSA) is 102 Å². The minimum absolute atomic E-state index is 0.0741. The molecule has 2 aromatic heterocycles. The van der Waals surface area contributed by atoms with Crippen molar-refractivity contribution in [2.45, 2.75) is 19.5 Å². The second-order valence-electron chi connectivity index (χ2n) is 4.29. The second-order valence-corrected chi connectivity index (χ2v) is 4.29. The molecule has 2 rings (SSSR count). The van der Waals surface area contributed by atoms with Crippen LogP contribution in [0, 0.1) is 0 Å². The van der Waals surface area contributed by atoms with Gasteiger partial charge in [0.15, 0.2) is 0 Å². The first-order chi connectivity index (χ1) is 9.56. The van der Waals surface area contributed by atoms with Gasteiger partial charge in [0.2, 0.25) is 5.91 Å². The third-order valence-electron chi connectivity index (χ3n) is 2.73. The molecule has 2 heterocycles. The van der Waals surface area contributed by atoms with Crippen LogP contribution in [0.5, 0.6) is 0 Å². The number of nitrogens with zero attached hydrogens (tertiary/aromatic N) is 4. The lowest BCUT2D eigenvalue weighted by Gasteiger charge is -2.05. The van der Waals surface area contributed by atoms with Gasteiger partial charge in [-0.3, -0.25) is 14.2 Å². The standard InChI is InChI=1S/C12H15N5O3/c1-16-8-9(7-15-16)6-13-11(18)3-5-17-10(12(19)20)2-4-14-17/h2,4,7-8H,3,5-6H2,1H3,(H,13,18)(H,19,20). The monoisotopic (exact) mass is 277 g/mol. The van der Waals surface area contributed by atoms with E-state index in [1.54, 1.807) is 17.9 Å². The maximum atomic E-state index is 11.7. The Morgan fingerprint density at radius 2 is 2.20 bits per heavy atom. The molecule has 106 valence electrons. The number of nitrogens with one attached hydrogen (secondary N) is 1. The van der Waals surface area contributed by atoms with Crippen LogP contribution >= 0.6 is 0 Å². The highest BCUT2D eigenvalue weighted by Gasteiger charge is 2.11. The van der Waals surface area contributed by atoms with Gasteiger partial charge < -0.3 is 10.4 Å². The molecule has 1 amide bonds. The van der Waals surface area contributed by atoms with Crippen LogP contribution in [0.1, 0.15) is 22.5 Å². The van der Waals surface area contributed by atoms with Gasteiger partial charge in [-0.25, -0.2) is 4.79 Å². The summed E-state index contributed by atoms with van der Waals surface area (Å²) in [5.74, 6) is -1.22. The fourth-order valence-electron chi connectivity index (χ4n) is 1.75. The van der Waals surface area contributed by atoms with Gasteiger partial charge in [0.25, 0.3) is 0 Å². The number of carboxylic acids is 1. The second kappa shape index (κ2) is 6.00. The molecule has 0 fully saturated rings. The van der Waals surface area contributed by atoms with Gasteiger partial charge in [0.1, 0.15) is 5.69 Å². The van der Waals surface area contributed by atoms with E-state index in [1.807, 2.05) is 6.20 Å². The molecule has 2 N–H and O–H groups in total. The SMILES string of the molecule is Cn1cc(CNC(=O)CCn2nccc2C(=O)O)cn1. The molecule has 0 aromatic carbocycles. The lowest BCUT2D eigenvalue weighted by Crippen LogP contribution is -2.24. The summed E-state index contributed by atoms with van der Waals surface area (Å²) in [7, 11) is 1.80. The lowest BCUT2D eigenvalue weighted by molar-refractivity contribution is -0.121. The van der Waals surface area contributed by atoms with E-state index in [-0.39, 0.29) is 24.6 Å². The van der Waals surface area contributed by atoms with E-state index in [4.69, 9.17) is 5.11 Å². The van der Waals surface area contributed by atoms with E-state index in [0.717, 1.165) is 5.56 Å². The highest BCUT2D eigenvalue weighted by molar-refractivity contribution is 5.85. The quantitative estimate of drug-likeness (QED) is 0.775. The van der Waals surface area contributed by atoms with Crippen molar-refractivity contribution in [3.8, 4) is 0 Å². The van der Waals surface area contributed by atoms with Crippen molar-refractivity contribution in [2.75, 3.05) is 0 Å². The Hall–Kier alpha value is -2.64. The Balaban J connectivity index is 1.80.